The Morgan fingerprint density at radius 1 is 1.27 bits per heavy atom. The first kappa shape index (κ1) is 24.0. The monoisotopic (exact) mass is 430 g/mol. The largest absolute Gasteiger partial charge is 0.480 e. The van der Waals surface area contributed by atoms with Gasteiger partial charge >= 0.3 is 5.97 Å². The normalized spacial score (nSPS) is 22.2. The second-order valence-electron chi connectivity index (χ2n) is 8.94. The molecule has 1 amide bonds. The van der Waals surface area contributed by atoms with Crippen molar-refractivity contribution in [1.29, 1.82) is 0 Å². The minimum Gasteiger partial charge on any atom is -0.480 e. The summed E-state index contributed by atoms with van der Waals surface area (Å²) in [6.45, 7) is 7.00. The molecule has 3 N–H and O–H groups in total. The van der Waals surface area contributed by atoms with E-state index in [-0.39, 0.29) is 43.8 Å². The maximum atomic E-state index is 13.0. The SMILES string of the molecule is CC(C)(C)c1cc(N)no1.O=C(O)[C@@H]1CCCCN1C(=O)CN1CCC(F)(F)CC1. The van der Waals surface area contributed by atoms with Crippen LogP contribution in [0.3, 0.4) is 0 Å². The van der Waals surface area contributed by atoms with Gasteiger partial charge in [0.2, 0.25) is 5.91 Å². The van der Waals surface area contributed by atoms with Crippen LogP contribution in [0.1, 0.15) is 58.6 Å². The third kappa shape index (κ3) is 6.93. The minimum absolute atomic E-state index is 0.00458. The molecule has 3 heterocycles. The Kier molecular flexibility index (Phi) is 7.79. The number of amides is 1. The van der Waals surface area contributed by atoms with E-state index in [1.165, 1.54) is 4.90 Å². The van der Waals surface area contributed by atoms with E-state index >= 15 is 0 Å². The van der Waals surface area contributed by atoms with Gasteiger partial charge in [0.1, 0.15) is 11.8 Å². The van der Waals surface area contributed by atoms with Crippen LogP contribution in [0.4, 0.5) is 14.6 Å². The van der Waals surface area contributed by atoms with Gasteiger partial charge in [0.05, 0.1) is 6.54 Å². The molecule has 10 heteroatoms. The number of alkyl halides is 2. The molecule has 0 radical (unpaired) electrons. The first-order valence-corrected chi connectivity index (χ1v) is 10.2. The predicted molar refractivity (Wildman–Crippen MR) is 107 cm³/mol. The van der Waals surface area contributed by atoms with E-state index in [1.54, 1.807) is 11.0 Å². The van der Waals surface area contributed by atoms with Crippen LogP contribution >= 0.6 is 0 Å². The molecule has 2 saturated heterocycles. The van der Waals surface area contributed by atoms with Crippen molar-refractivity contribution in [2.45, 2.75) is 70.3 Å². The van der Waals surface area contributed by atoms with Gasteiger partial charge in [0.15, 0.2) is 5.82 Å². The van der Waals surface area contributed by atoms with Gasteiger partial charge in [-0.3, -0.25) is 9.69 Å². The Morgan fingerprint density at radius 2 is 1.90 bits per heavy atom. The van der Waals surface area contributed by atoms with E-state index in [1.807, 2.05) is 20.8 Å². The van der Waals surface area contributed by atoms with Gasteiger partial charge in [0.25, 0.3) is 5.92 Å². The molecule has 3 rings (SSSR count). The lowest BCUT2D eigenvalue weighted by molar-refractivity contribution is -0.153. The van der Waals surface area contributed by atoms with Crippen molar-refractivity contribution in [3.05, 3.63) is 11.8 Å². The number of carbonyl (C=O) groups excluding carboxylic acids is 1. The van der Waals surface area contributed by atoms with Crippen LogP contribution in [0.25, 0.3) is 0 Å². The lowest BCUT2D eigenvalue weighted by atomic mass is 9.93. The van der Waals surface area contributed by atoms with Crippen LogP contribution in [0.2, 0.25) is 0 Å². The number of aliphatic carboxylic acids is 1. The molecule has 2 fully saturated rings. The molecule has 1 aromatic rings. The molecule has 0 saturated carbocycles. The number of nitrogen functional groups attached to an aromatic ring is 1. The van der Waals surface area contributed by atoms with Crippen LogP contribution in [0.5, 0.6) is 0 Å². The predicted octanol–water partition coefficient (Wildman–Crippen LogP) is 2.74. The Bertz CT molecular complexity index is 723. The maximum Gasteiger partial charge on any atom is 0.326 e. The van der Waals surface area contributed by atoms with Gasteiger partial charge in [0, 0.05) is 44.0 Å². The van der Waals surface area contributed by atoms with E-state index in [0.29, 0.717) is 18.8 Å². The third-order valence-corrected chi connectivity index (χ3v) is 5.32. The van der Waals surface area contributed by atoms with Crippen LogP contribution in [-0.4, -0.2) is 70.1 Å². The lowest BCUT2D eigenvalue weighted by Gasteiger charge is -2.36. The number of anilines is 1. The number of aromatic nitrogens is 1. The number of nitrogens with two attached hydrogens (primary N) is 1. The van der Waals surface area contributed by atoms with E-state index in [0.717, 1.165) is 18.6 Å². The first-order chi connectivity index (χ1) is 13.9. The number of carbonyl (C=O) groups is 2. The van der Waals surface area contributed by atoms with Gasteiger partial charge in [-0.1, -0.05) is 25.9 Å². The highest BCUT2D eigenvalue weighted by Gasteiger charge is 2.36. The molecule has 2 aliphatic rings. The number of halogens is 2. The number of piperidine rings is 2. The molecule has 0 aliphatic carbocycles. The molecule has 2 aliphatic heterocycles. The van der Waals surface area contributed by atoms with Crippen molar-refractivity contribution in [2.24, 2.45) is 0 Å². The van der Waals surface area contributed by atoms with Crippen molar-refractivity contribution in [3.63, 3.8) is 0 Å². The van der Waals surface area contributed by atoms with Crippen molar-refractivity contribution in [1.82, 2.24) is 15.0 Å². The fraction of sp³-hybridized carbons (Fsp3) is 0.750. The van der Waals surface area contributed by atoms with Crippen molar-refractivity contribution in [3.8, 4) is 0 Å². The summed E-state index contributed by atoms with van der Waals surface area (Å²) < 4.78 is 31.0. The topological polar surface area (TPSA) is 113 Å². The summed E-state index contributed by atoms with van der Waals surface area (Å²) >= 11 is 0. The third-order valence-electron chi connectivity index (χ3n) is 5.32. The first-order valence-electron chi connectivity index (χ1n) is 10.2. The average molecular weight is 430 g/mol. The maximum absolute atomic E-state index is 13.0. The Balaban J connectivity index is 0.000000269. The van der Waals surface area contributed by atoms with Crippen molar-refractivity contribution >= 4 is 17.7 Å². The van der Waals surface area contributed by atoms with Crippen LogP contribution in [-0.2, 0) is 15.0 Å². The highest BCUT2D eigenvalue weighted by molar-refractivity contribution is 5.85. The lowest BCUT2D eigenvalue weighted by Crippen LogP contribution is -2.52. The molecule has 170 valence electrons. The number of hydrogen-bond donors (Lipinski definition) is 2. The summed E-state index contributed by atoms with van der Waals surface area (Å²) in [5.41, 5.74) is 5.38. The van der Waals surface area contributed by atoms with Crippen LogP contribution in [0.15, 0.2) is 10.6 Å². The number of carboxylic acids is 1. The number of hydrogen-bond acceptors (Lipinski definition) is 6. The summed E-state index contributed by atoms with van der Waals surface area (Å²) in [5.74, 6) is -2.60. The van der Waals surface area contributed by atoms with Gasteiger partial charge in [-0.25, -0.2) is 13.6 Å². The molecule has 30 heavy (non-hydrogen) atoms. The quantitative estimate of drug-likeness (QED) is 0.758. The molecule has 8 nitrogen and oxygen atoms in total. The Morgan fingerprint density at radius 3 is 2.37 bits per heavy atom. The molecular formula is C20H32F2N4O4. The zero-order valence-corrected chi connectivity index (χ0v) is 17.9. The van der Waals surface area contributed by atoms with E-state index in [2.05, 4.69) is 5.16 Å². The number of carboxylic acid groups (broad SMARTS) is 1. The Hall–Kier alpha value is -2.23. The zero-order valence-electron chi connectivity index (χ0n) is 17.9. The number of rotatable bonds is 3. The second kappa shape index (κ2) is 9.72. The summed E-state index contributed by atoms with van der Waals surface area (Å²) in [6, 6.07) is 0.988. The Labute approximate surface area is 175 Å². The molecular weight excluding hydrogens is 398 g/mol. The van der Waals surface area contributed by atoms with E-state index in [9.17, 15) is 18.4 Å². The van der Waals surface area contributed by atoms with Gasteiger partial charge in [-0.2, -0.15) is 0 Å². The zero-order chi connectivity index (χ0) is 22.5. The fourth-order valence-corrected chi connectivity index (χ4v) is 3.45. The highest BCUT2D eigenvalue weighted by atomic mass is 19.3. The highest BCUT2D eigenvalue weighted by Crippen LogP contribution is 2.28. The summed E-state index contributed by atoms with van der Waals surface area (Å²) in [5, 5.41) is 12.7. The average Bonchev–Trinajstić information content (AvgIpc) is 3.11. The van der Waals surface area contributed by atoms with E-state index < -0.39 is 17.9 Å². The number of likely N-dealkylation sites (tertiary alicyclic amines) is 2. The molecule has 0 aromatic carbocycles. The molecule has 0 unspecified atom stereocenters. The smallest absolute Gasteiger partial charge is 0.326 e. The molecule has 0 bridgehead atoms. The van der Waals surface area contributed by atoms with Crippen LogP contribution < -0.4 is 5.73 Å². The standard InChI is InChI=1S/C13H20F2N2O3.C7H12N2O/c14-13(15)4-7-16(8-5-13)9-11(18)17-6-2-1-3-10(17)12(19)20;1-7(2,3)5-4-6(8)9-10-5/h10H,1-9H2,(H,19,20);4H,1-3H3,(H2,8,9)/t10-;/m0./s1. The second-order valence-corrected chi connectivity index (χ2v) is 8.94. The van der Waals surface area contributed by atoms with Gasteiger partial charge in [-0.15, -0.1) is 0 Å². The number of nitrogens with zero attached hydrogens (tertiary/aromatic N) is 3. The van der Waals surface area contributed by atoms with E-state index in [4.69, 9.17) is 15.4 Å². The van der Waals surface area contributed by atoms with Crippen molar-refractivity contribution < 1.29 is 28.0 Å². The minimum atomic E-state index is -2.63. The fourth-order valence-electron chi connectivity index (χ4n) is 3.45. The summed E-state index contributed by atoms with van der Waals surface area (Å²) in [7, 11) is 0. The molecule has 1 atom stereocenters. The van der Waals surface area contributed by atoms with Gasteiger partial charge < -0.3 is 20.3 Å². The van der Waals surface area contributed by atoms with Gasteiger partial charge in [-0.05, 0) is 19.3 Å². The molecule has 1 aromatic heterocycles. The van der Waals surface area contributed by atoms with Crippen LogP contribution in [0, 0.1) is 0 Å². The summed E-state index contributed by atoms with van der Waals surface area (Å²) in [4.78, 5) is 26.4. The van der Waals surface area contributed by atoms with Crippen molar-refractivity contribution in [2.75, 3.05) is 31.9 Å². The summed E-state index contributed by atoms with van der Waals surface area (Å²) in [6.07, 6.45) is 1.61. The molecule has 0 spiro atoms.